The molecule has 0 bridgehead atoms. The third-order valence-corrected chi connectivity index (χ3v) is 7.28. The molecule has 4 N–H and O–H groups in total. The van der Waals surface area contributed by atoms with Crippen LogP contribution in [-0.4, -0.2) is 47.0 Å². The maximum absolute atomic E-state index is 15.3. The number of rotatable bonds is 9. The van der Waals surface area contributed by atoms with Gasteiger partial charge in [-0.1, -0.05) is 35.9 Å². The number of piperidine rings is 1. The molecule has 206 valence electrons. The molecule has 1 aliphatic rings. The van der Waals surface area contributed by atoms with E-state index < -0.39 is 11.7 Å². The van der Waals surface area contributed by atoms with Gasteiger partial charge in [-0.05, 0) is 87.1 Å². The monoisotopic (exact) mass is 559 g/mol. The Morgan fingerprint density at radius 2 is 1.77 bits per heavy atom. The molecule has 1 amide bonds. The Morgan fingerprint density at radius 3 is 2.45 bits per heavy atom. The second kappa shape index (κ2) is 12.4. The zero-order chi connectivity index (χ0) is 28.1. The molecule has 1 aromatic heterocycles. The molecule has 0 radical (unpaired) electrons. The molecule has 1 aliphatic heterocycles. The largest absolute Gasteiger partial charge is 0.366 e. The maximum Gasteiger partial charge on any atom is 0.248 e. The van der Waals surface area contributed by atoms with Gasteiger partial charge in [0.05, 0.1) is 16.9 Å². The lowest BCUT2D eigenvalue weighted by Gasteiger charge is -2.29. The number of primary amides is 1. The molecule has 0 aliphatic carbocycles. The van der Waals surface area contributed by atoms with Gasteiger partial charge in [0, 0.05) is 29.5 Å². The van der Waals surface area contributed by atoms with Crippen LogP contribution in [0, 0.1) is 5.82 Å². The standard InChI is InChI=1S/C30H31ClFN7O/c1-38-16-14-22(15-17-38)34-18-20-6-10-23(11-7-20)36-30-35-19-26(32)29(37-30)39(27-5-3-2-4-25(27)31)24-12-8-21(9-13-24)28(33)40/h2-13,19,22,34H,14-18H2,1H3,(H2,33,40)(H,35,36,37). The van der Waals surface area contributed by atoms with Crippen molar-refractivity contribution < 1.29 is 9.18 Å². The molecular formula is C30H31ClFN7O. The zero-order valence-corrected chi connectivity index (χ0v) is 22.9. The second-order valence-electron chi connectivity index (χ2n) is 9.84. The lowest BCUT2D eigenvalue weighted by molar-refractivity contribution is 0.100. The van der Waals surface area contributed by atoms with Crippen molar-refractivity contribution in [1.82, 2.24) is 20.2 Å². The Bertz CT molecular complexity index is 1460. The number of nitrogens with zero attached hydrogens (tertiary/aromatic N) is 4. The van der Waals surface area contributed by atoms with Crippen molar-refractivity contribution in [2.24, 2.45) is 5.73 Å². The molecule has 0 spiro atoms. The molecule has 2 heterocycles. The van der Waals surface area contributed by atoms with Crippen molar-refractivity contribution in [3.8, 4) is 0 Å². The van der Waals surface area contributed by atoms with Gasteiger partial charge in [0.1, 0.15) is 0 Å². The van der Waals surface area contributed by atoms with Crippen molar-refractivity contribution >= 4 is 46.3 Å². The van der Waals surface area contributed by atoms with Crippen LogP contribution in [0.1, 0.15) is 28.8 Å². The molecule has 8 nitrogen and oxygen atoms in total. The number of aromatic nitrogens is 2. The Hall–Kier alpha value is -4.05. The highest BCUT2D eigenvalue weighted by molar-refractivity contribution is 6.33. The molecule has 5 rings (SSSR count). The number of anilines is 5. The summed E-state index contributed by atoms with van der Waals surface area (Å²) in [5.41, 5.74) is 8.74. The van der Waals surface area contributed by atoms with Crippen molar-refractivity contribution in [2.75, 3.05) is 30.4 Å². The molecule has 10 heteroatoms. The molecule has 4 aromatic rings. The smallest absolute Gasteiger partial charge is 0.248 e. The number of para-hydroxylation sites is 1. The third kappa shape index (κ3) is 6.56. The van der Waals surface area contributed by atoms with E-state index in [4.69, 9.17) is 17.3 Å². The summed E-state index contributed by atoms with van der Waals surface area (Å²) in [5.74, 6) is -0.977. The first-order valence-corrected chi connectivity index (χ1v) is 13.5. The Kier molecular flexibility index (Phi) is 8.54. The lowest BCUT2D eigenvalue weighted by atomic mass is 10.1. The Labute approximate surface area is 238 Å². The van der Waals surface area contributed by atoms with E-state index >= 15 is 4.39 Å². The van der Waals surface area contributed by atoms with E-state index in [1.807, 2.05) is 24.3 Å². The summed E-state index contributed by atoms with van der Waals surface area (Å²) in [4.78, 5) is 24.2. The van der Waals surface area contributed by atoms with Gasteiger partial charge in [-0.25, -0.2) is 9.37 Å². The molecule has 40 heavy (non-hydrogen) atoms. The second-order valence-corrected chi connectivity index (χ2v) is 10.3. The van der Waals surface area contributed by atoms with Crippen molar-refractivity contribution in [3.63, 3.8) is 0 Å². The fraction of sp³-hybridized carbons (Fsp3) is 0.233. The third-order valence-electron chi connectivity index (χ3n) is 6.96. The van der Waals surface area contributed by atoms with Crippen molar-refractivity contribution in [1.29, 1.82) is 0 Å². The van der Waals surface area contributed by atoms with Crippen molar-refractivity contribution in [3.05, 3.63) is 101 Å². The van der Waals surface area contributed by atoms with Gasteiger partial charge in [0.2, 0.25) is 11.9 Å². The summed E-state index contributed by atoms with van der Waals surface area (Å²) >= 11 is 6.51. The van der Waals surface area contributed by atoms with E-state index in [1.54, 1.807) is 53.4 Å². The molecule has 1 saturated heterocycles. The summed E-state index contributed by atoms with van der Waals surface area (Å²) in [6, 6.07) is 22.1. The summed E-state index contributed by atoms with van der Waals surface area (Å²) in [6.07, 6.45) is 3.42. The molecule has 0 unspecified atom stereocenters. The van der Waals surface area contributed by atoms with E-state index in [-0.39, 0.29) is 11.8 Å². The summed E-state index contributed by atoms with van der Waals surface area (Å²) < 4.78 is 15.3. The number of hydrogen-bond acceptors (Lipinski definition) is 7. The highest BCUT2D eigenvalue weighted by Crippen LogP contribution is 2.39. The number of amides is 1. The van der Waals surface area contributed by atoms with Gasteiger partial charge in [0.25, 0.3) is 0 Å². The highest BCUT2D eigenvalue weighted by atomic mass is 35.5. The van der Waals surface area contributed by atoms with Gasteiger partial charge in [-0.15, -0.1) is 0 Å². The van der Waals surface area contributed by atoms with E-state index in [2.05, 4.69) is 32.5 Å². The van der Waals surface area contributed by atoms with Crippen LogP contribution in [0.5, 0.6) is 0 Å². The Balaban J connectivity index is 1.36. The van der Waals surface area contributed by atoms with Crippen LogP contribution >= 0.6 is 11.6 Å². The van der Waals surface area contributed by atoms with Gasteiger partial charge < -0.3 is 21.3 Å². The molecule has 0 atom stereocenters. The predicted octanol–water partition coefficient (Wildman–Crippen LogP) is 5.77. The van der Waals surface area contributed by atoms with Gasteiger partial charge in [-0.3, -0.25) is 9.69 Å². The minimum Gasteiger partial charge on any atom is -0.366 e. The van der Waals surface area contributed by atoms with Gasteiger partial charge in [-0.2, -0.15) is 4.98 Å². The molecule has 1 fully saturated rings. The van der Waals surface area contributed by atoms with Gasteiger partial charge in [0.15, 0.2) is 11.6 Å². The van der Waals surface area contributed by atoms with Crippen LogP contribution in [0.2, 0.25) is 5.02 Å². The number of carbonyl (C=O) groups is 1. The normalized spacial score (nSPS) is 14.2. The van der Waals surface area contributed by atoms with Crippen LogP contribution in [0.3, 0.4) is 0 Å². The average Bonchev–Trinajstić information content (AvgIpc) is 2.96. The molecule has 0 saturated carbocycles. The summed E-state index contributed by atoms with van der Waals surface area (Å²) in [5, 5.41) is 7.21. The number of likely N-dealkylation sites (tertiary alicyclic amines) is 1. The lowest BCUT2D eigenvalue weighted by Crippen LogP contribution is -2.40. The first-order valence-electron chi connectivity index (χ1n) is 13.1. The van der Waals surface area contributed by atoms with E-state index in [9.17, 15) is 4.79 Å². The highest BCUT2D eigenvalue weighted by Gasteiger charge is 2.22. The molecule has 3 aromatic carbocycles. The minimum atomic E-state index is -0.639. The first kappa shape index (κ1) is 27.5. The quantitative estimate of drug-likeness (QED) is 0.239. The predicted molar refractivity (Wildman–Crippen MR) is 157 cm³/mol. The SMILES string of the molecule is CN1CCC(NCc2ccc(Nc3ncc(F)c(N(c4ccc(C(N)=O)cc4)c4ccccc4Cl)n3)cc2)CC1. The summed E-state index contributed by atoms with van der Waals surface area (Å²) in [6.45, 7) is 3.03. The van der Waals surface area contributed by atoms with Gasteiger partial charge >= 0.3 is 0 Å². The van der Waals surface area contributed by atoms with Crippen LogP contribution in [-0.2, 0) is 6.54 Å². The van der Waals surface area contributed by atoms with Crippen LogP contribution in [0.25, 0.3) is 0 Å². The topological polar surface area (TPSA) is 99.4 Å². The molecular weight excluding hydrogens is 529 g/mol. The number of carbonyl (C=O) groups excluding carboxylic acids is 1. The summed E-state index contributed by atoms with van der Waals surface area (Å²) in [7, 11) is 2.16. The number of nitrogens with two attached hydrogens (primary N) is 1. The average molecular weight is 560 g/mol. The maximum atomic E-state index is 15.3. The van der Waals surface area contributed by atoms with Crippen molar-refractivity contribution in [2.45, 2.75) is 25.4 Å². The fourth-order valence-corrected chi connectivity index (χ4v) is 4.89. The fourth-order valence-electron chi connectivity index (χ4n) is 4.67. The van der Waals surface area contributed by atoms with Crippen LogP contribution < -0.4 is 21.3 Å². The number of halogens is 2. The van der Waals surface area contributed by atoms with E-state index in [0.717, 1.165) is 44.4 Å². The minimum absolute atomic E-state index is 0.00336. The van der Waals surface area contributed by atoms with Crippen LogP contribution in [0.15, 0.2) is 79.0 Å². The number of nitrogens with one attached hydrogen (secondary N) is 2. The van der Waals surface area contributed by atoms with E-state index in [0.29, 0.717) is 28.0 Å². The van der Waals surface area contributed by atoms with Crippen LogP contribution in [0.4, 0.5) is 33.2 Å². The number of benzene rings is 3. The first-order chi connectivity index (χ1) is 19.4. The van der Waals surface area contributed by atoms with E-state index in [1.165, 1.54) is 5.56 Å². The number of hydrogen-bond donors (Lipinski definition) is 3. The zero-order valence-electron chi connectivity index (χ0n) is 22.1. The Morgan fingerprint density at radius 1 is 1.07 bits per heavy atom.